The van der Waals surface area contributed by atoms with Gasteiger partial charge in [-0.2, -0.15) is 5.10 Å². The molecule has 0 saturated heterocycles. The average molecular weight is 237 g/mol. The Morgan fingerprint density at radius 2 is 2.12 bits per heavy atom. The lowest BCUT2D eigenvalue weighted by atomic mass is 9.89. The monoisotopic (exact) mass is 237 g/mol. The maximum absolute atomic E-state index is 4.37. The van der Waals surface area contributed by atoms with Crippen LogP contribution in [0, 0.1) is 5.41 Å². The van der Waals surface area contributed by atoms with Crippen molar-refractivity contribution in [1.29, 1.82) is 0 Å². The summed E-state index contributed by atoms with van der Waals surface area (Å²) in [5.74, 6) is 0. The van der Waals surface area contributed by atoms with Crippen LogP contribution < -0.4 is 5.32 Å². The third-order valence-corrected chi connectivity index (χ3v) is 2.97. The fourth-order valence-electron chi connectivity index (χ4n) is 1.79. The Balaban J connectivity index is 2.14. The number of hydrogen-bond donors (Lipinski definition) is 1. The summed E-state index contributed by atoms with van der Waals surface area (Å²) in [6, 6.07) is 2.68. The van der Waals surface area contributed by atoms with Crippen molar-refractivity contribution in [2.75, 3.05) is 6.54 Å². The van der Waals surface area contributed by atoms with E-state index in [2.05, 4.69) is 44.2 Å². The second kappa shape index (κ2) is 6.20. The van der Waals surface area contributed by atoms with Gasteiger partial charge in [-0.1, -0.05) is 20.8 Å². The standard InChI is InChI=1S/C14H27N3/c1-12(6-9-14(2,3)4)15-10-7-13-8-11-17(5)16-13/h8,11-12,15H,6-7,9-10H2,1-5H3. The Labute approximate surface area is 106 Å². The Kier molecular flexibility index (Phi) is 5.19. The first-order valence-electron chi connectivity index (χ1n) is 6.59. The zero-order chi connectivity index (χ0) is 12.9. The van der Waals surface area contributed by atoms with Gasteiger partial charge in [0.2, 0.25) is 0 Å². The minimum atomic E-state index is 0.441. The van der Waals surface area contributed by atoms with Crippen molar-refractivity contribution in [3.05, 3.63) is 18.0 Å². The highest BCUT2D eigenvalue weighted by Crippen LogP contribution is 2.21. The molecule has 98 valence electrons. The SMILES string of the molecule is CC(CCC(C)(C)C)NCCc1ccn(C)n1. The molecule has 0 aliphatic carbocycles. The predicted molar refractivity (Wildman–Crippen MR) is 73.1 cm³/mol. The summed E-state index contributed by atoms with van der Waals surface area (Å²) < 4.78 is 1.86. The lowest BCUT2D eigenvalue weighted by Crippen LogP contribution is -2.29. The van der Waals surface area contributed by atoms with Crippen LogP contribution >= 0.6 is 0 Å². The van der Waals surface area contributed by atoms with E-state index in [1.165, 1.54) is 18.5 Å². The van der Waals surface area contributed by atoms with E-state index < -0.39 is 0 Å². The molecular formula is C14H27N3. The van der Waals surface area contributed by atoms with Crippen LogP contribution in [0.25, 0.3) is 0 Å². The minimum absolute atomic E-state index is 0.441. The molecule has 0 spiro atoms. The van der Waals surface area contributed by atoms with E-state index in [9.17, 15) is 0 Å². The maximum atomic E-state index is 4.37. The summed E-state index contributed by atoms with van der Waals surface area (Å²) in [7, 11) is 1.96. The summed E-state index contributed by atoms with van der Waals surface area (Å²) in [5, 5.41) is 7.93. The molecule has 0 aliphatic heterocycles. The molecule has 0 saturated carbocycles. The van der Waals surface area contributed by atoms with E-state index in [1.54, 1.807) is 0 Å². The number of rotatable bonds is 6. The van der Waals surface area contributed by atoms with Crippen molar-refractivity contribution in [3.63, 3.8) is 0 Å². The fraction of sp³-hybridized carbons (Fsp3) is 0.786. The molecule has 1 aromatic rings. The second-order valence-electron chi connectivity index (χ2n) is 6.19. The zero-order valence-corrected chi connectivity index (χ0v) is 12.0. The molecule has 1 aromatic heterocycles. The van der Waals surface area contributed by atoms with Gasteiger partial charge in [-0.15, -0.1) is 0 Å². The van der Waals surface area contributed by atoms with Crippen LogP contribution in [0.4, 0.5) is 0 Å². The molecule has 1 unspecified atom stereocenters. The van der Waals surface area contributed by atoms with Gasteiger partial charge in [-0.3, -0.25) is 4.68 Å². The second-order valence-corrected chi connectivity index (χ2v) is 6.19. The molecule has 17 heavy (non-hydrogen) atoms. The summed E-state index contributed by atoms with van der Waals surface area (Å²) >= 11 is 0. The molecule has 0 aliphatic rings. The summed E-state index contributed by atoms with van der Waals surface area (Å²) in [6.45, 7) is 10.2. The van der Waals surface area contributed by atoms with Gasteiger partial charge in [0.25, 0.3) is 0 Å². The van der Waals surface area contributed by atoms with E-state index in [4.69, 9.17) is 0 Å². The van der Waals surface area contributed by atoms with E-state index in [0.717, 1.165) is 13.0 Å². The smallest absolute Gasteiger partial charge is 0.0637 e. The van der Waals surface area contributed by atoms with Crippen LogP contribution in [0.15, 0.2) is 12.3 Å². The molecule has 1 heterocycles. The van der Waals surface area contributed by atoms with Crippen LogP contribution in [-0.4, -0.2) is 22.4 Å². The largest absolute Gasteiger partial charge is 0.314 e. The molecule has 0 radical (unpaired) electrons. The Morgan fingerprint density at radius 3 is 2.65 bits per heavy atom. The maximum Gasteiger partial charge on any atom is 0.0637 e. The van der Waals surface area contributed by atoms with E-state index in [1.807, 2.05) is 17.9 Å². The lowest BCUT2D eigenvalue weighted by Gasteiger charge is -2.21. The van der Waals surface area contributed by atoms with Gasteiger partial charge >= 0.3 is 0 Å². The molecule has 0 fully saturated rings. The number of nitrogens with zero attached hydrogens (tertiary/aromatic N) is 2. The van der Waals surface area contributed by atoms with E-state index >= 15 is 0 Å². The highest BCUT2D eigenvalue weighted by Gasteiger charge is 2.12. The first kappa shape index (κ1) is 14.2. The molecule has 3 nitrogen and oxygen atoms in total. The number of aryl methyl sites for hydroxylation is 1. The van der Waals surface area contributed by atoms with Gasteiger partial charge in [0.1, 0.15) is 0 Å². The van der Waals surface area contributed by atoms with Gasteiger partial charge in [-0.25, -0.2) is 0 Å². The highest BCUT2D eigenvalue weighted by molar-refractivity contribution is 4.99. The normalized spacial score (nSPS) is 13.9. The van der Waals surface area contributed by atoms with Crippen LogP contribution in [0.1, 0.15) is 46.2 Å². The first-order chi connectivity index (χ1) is 7.87. The van der Waals surface area contributed by atoms with Crippen molar-refractivity contribution in [2.24, 2.45) is 12.5 Å². The summed E-state index contributed by atoms with van der Waals surface area (Å²) in [6.07, 6.45) is 5.52. The van der Waals surface area contributed by atoms with Crippen molar-refractivity contribution in [3.8, 4) is 0 Å². The zero-order valence-electron chi connectivity index (χ0n) is 12.0. The number of hydrogen-bond acceptors (Lipinski definition) is 2. The lowest BCUT2D eigenvalue weighted by molar-refractivity contribution is 0.337. The Bertz CT molecular complexity index is 322. The predicted octanol–water partition coefficient (Wildman–Crippen LogP) is 2.77. The summed E-state index contributed by atoms with van der Waals surface area (Å²) in [4.78, 5) is 0. The van der Waals surface area contributed by atoms with Crippen LogP contribution in [0.3, 0.4) is 0 Å². The molecule has 1 atom stereocenters. The number of aromatic nitrogens is 2. The van der Waals surface area contributed by atoms with Gasteiger partial charge in [0, 0.05) is 32.3 Å². The van der Waals surface area contributed by atoms with Gasteiger partial charge in [0.15, 0.2) is 0 Å². The van der Waals surface area contributed by atoms with Crippen LogP contribution in [0.5, 0.6) is 0 Å². The first-order valence-corrected chi connectivity index (χ1v) is 6.59. The van der Waals surface area contributed by atoms with Crippen molar-refractivity contribution in [2.45, 2.75) is 53.0 Å². The molecule has 0 bridgehead atoms. The average Bonchev–Trinajstić information content (AvgIpc) is 2.60. The van der Waals surface area contributed by atoms with Gasteiger partial charge in [0.05, 0.1) is 5.69 Å². The molecule has 1 rings (SSSR count). The van der Waals surface area contributed by atoms with E-state index in [-0.39, 0.29) is 0 Å². The fourth-order valence-corrected chi connectivity index (χ4v) is 1.79. The Hall–Kier alpha value is -0.830. The number of nitrogens with one attached hydrogen (secondary N) is 1. The topological polar surface area (TPSA) is 29.9 Å². The molecule has 3 heteroatoms. The molecule has 0 aromatic carbocycles. The van der Waals surface area contributed by atoms with Crippen molar-refractivity contribution in [1.82, 2.24) is 15.1 Å². The Morgan fingerprint density at radius 1 is 1.41 bits per heavy atom. The minimum Gasteiger partial charge on any atom is -0.314 e. The van der Waals surface area contributed by atoms with Crippen molar-refractivity contribution < 1.29 is 0 Å². The third-order valence-electron chi connectivity index (χ3n) is 2.97. The summed E-state index contributed by atoms with van der Waals surface area (Å²) in [5.41, 5.74) is 1.61. The van der Waals surface area contributed by atoms with Crippen molar-refractivity contribution >= 4 is 0 Å². The van der Waals surface area contributed by atoms with Crippen LogP contribution in [-0.2, 0) is 13.5 Å². The quantitative estimate of drug-likeness (QED) is 0.824. The van der Waals surface area contributed by atoms with E-state index in [0.29, 0.717) is 11.5 Å². The third kappa shape index (κ3) is 6.47. The molecular weight excluding hydrogens is 210 g/mol. The van der Waals surface area contributed by atoms with Crippen LogP contribution in [0.2, 0.25) is 0 Å². The van der Waals surface area contributed by atoms with Gasteiger partial charge < -0.3 is 5.32 Å². The molecule has 0 amide bonds. The molecule has 1 N–H and O–H groups in total. The highest BCUT2D eigenvalue weighted by atomic mass is 15.2. The van der Waals surface area contributed by atoms with Gasteiger partial charge in [-0.05, 0) is 31.2 Å².